The molecule has 1 aromatic rings. The van der Waals surface area contributed by atoms with E-state index in [9.17, 15) is 0 Å². The minimum Gasteiger partial charge on any atom is -0.377 e. The molecular formula is C15H24O. The predicted molar refractivity (Wildman–Crippen MR) is 69.8 cm³/mol. The average Bonchev–Trinajstić information content (AvgIpc) is 2.31. The minimum absolute atomic E-state index is 0.200. The van der Waals surface area contributed by atoms with Gasteiger partial charge >= 0.3 is 0 Å². The van der Waals surface area contributed by atoms with Crippen LogP contribution in [-0.4, -0.2) is 7.11 Å². The molecule has 0 fully saturated rings. The van der Waals surface area contributed by atoms with E-state index in [0.29, 0.717) is 0 Å². The summed E-state index contributed by atoms with van der Waals surface area (Å²) >= 11 is 0. The van der Waals surface area contributed by atoms with Crippen molar-refractivity contribution in [3.63, 3.8) is 0 Å². The van der Waals surface area contributed by atoms with Gasteiger partial charge in [-0.15, -0.1) is 0 Å². The fraction of sp³-hybridized carbons (Fsp3) is 0.600. The number of rotatable bonds is 6. The molecule has 0 heterocycles. The molecule has 0 saturated carbocycles. The number of ether oxygens (including phenoxy) is 1. The zero-order valence-corrected chi connectivity index (χ0v) is 11.0. The summed E-state index contributed by atoms with van der Waals surface area (Å²) in [6.07, 6.45) is 5.30. The van der Waals surface area contributed by atoms with Crippen molar-refractivity contribution >= 4 is 0 Å². The van der Waals surface area contributed by atoms with Crippen molar-refractivity contribution in [2.45, 2.75) is 52.6 Å². The highest BCUT2D eigenvalue weighted by molar-refractivity contribution is 5.32. The molecule has 90 valence electrons. The third kappa shape index (κ3) is 3.64. The molecule has 1 atom stereocenters. The Morgan fingerprint density at radius 1 is 1.25 bits per heavy atom. The zero-order valence-electron chi connectivity index (χ0n) is 11.0. The summed E-state index contributed by atoms with van der Waals surface area (Å²) in [6, 6.07) is 6.69. The Labute approximate surface area is 99.8 Å². The van der Waals surface area contributed by atoms with Gasteiger partial charge in [0.1, 0.15) is 0 Å². The molecule has 0 aromatic heterocycles. The summed E-state index contributed by atoms with van der Waals surface area (Å²) in [7, 11) is 1.77. The van der Waals surface area contributed by atoms with E-state index in [2.05, 4.69) is 39.0 Å². The van der Waals surface area contributed by atoms with E-state index in [4.69, 9.17) is 4.74 Å². The fourth-order valence-corrected chi connectivity index (χ4v) is 1.92. The first-order valence-corrected chi connectivity index (χ1v) is 6.31. The molecule has 0 saturated heterocycles. The summed E-state index contributed by atoms with van der Waals surface area (Å²) in [5, 5.41) is 0. The van der Waals surface area contributed by atoms with E-state index >= 15 is 0 Å². The van der Waals surface area contributed by atoms with Crippen LogP contribution in [0.25, 0.3) is 0 Å². The van der Waals surface area contributed by atoms with Crippen molar-refractivity contribution in [2.24, 2.45) is 0 Å². The second kappa shape index (κ2) is 6.70. The molecule has 0 N–H and O–H groups in total. The molecule has 1 nitrogen and oxygen atoms in total. The molecule has 0 spiro atoms. The molecule has 0 bridgehead atoms. The Morgan fingerprint density at radius 2 is 2.00 bits per heavy atom. The second-order valence-electron chi connectivity index (χ2n) is 4.52. The molecule has 1 heteroatoms. The topological polar surface area (TPSA) is 9.23 Å². The molecule has 16 heavy (non-hydrogen) atoms. The van der Waals surface area contributed by atoms with Gasteiger partial charge < -0.3 is 4.74 Å². The van der Waals surface area contributed by atoms with Gasteiger partial charge in [-0.3, -0.25) is 0 Å². The monoisotopic (exact) mass is 220 g/mol. The van der Waals surface area contributed by atoms with Crippen molar-refractivity contribution in [3.8, 4) is 0 Å². The number of benzene rings is 1. The maximum Gasteiger partial charge on any atom is 0.0793 e. The Hall–Kier alpha value is -0.820. The molecule has 0 radical (unpaired) electrons. The first kappa shape index (κ1) is 13.2. The molecular weight excluding hydrogens is 196 g/mol. The number of unbranched alkanes of at least 4 members (excludes halogenated alkanes) is 2. The lowest BCUT2D eigenvalue weighted by Gasteiger charge is -2.13. The summed E-state index contributed by atoms with van der Waals surface area (Å²) in [5.74, 6) is 0. The predicted octanol–water partition coefficient (Wildman–Crippen LogP) is 4.44. The lowest BCUT2D eigenvalue weighted by molar-refractivity contribution is 0.119. The Morgan fingerprint density at radius 3 is 2.62 bits per heavy atom. The van der Waals surface area contributed by atoms with E-state index < -0.39 is 0 Å². The first-order chi connectivity index (χ1) is 7.69. The minimum atomic E-state index is 0.200. The van der Waals surface area contributed by atoms with Crippen molar-refractivity contribution in [1.29, 1.82) is 0 Å². The van der Waals surface area contributed by atoms with Crippen LogP contribution < -0.4 is 0 Å². The van der Waals surface area contributed by atoms with E-state index in [1.54, 1.807) is 7.11 Å². The van der Waals surface area contributed by atoms with Crippen LogP contribution in [0.3, 0.4) is 0 Å². The number of aryl methyl sites for hydroxylation is 2. The van der Waals surface area contributed by atoms with Gasteiger partial charge in [-0.1, -0.05) is 38.0 Å². The maximum absolute atomic E-state index is 5.36. The highest BCUT2D eigenvalue weighted by atomic mass is 16.5. The van der Waals surface area contributed by atoms with Crippen molar-refractivity contribution < 1.29 is 4.74 Å². The van der Waals surface area contributed by atoms with Gasteiger partial charge in [-0.25, -0.2) is 0 Å². The SMILES string of the molecule is CCCCCc1cc(C(C)OC)ccc1C. The lowest BCUT2D eigenvalue weighted by atomic mass is 9.98. The van der Waals surface area contributed by atoms with Crippen molar-refractivity contribution in [2.75, 3.05) is 7.11 Å². The summed E-state index contributed by atoms with van der Waals surface area (Å²) < 4.78 is 5.36. The van der Waals surface area contributed by atoms with Crippen LogP contribution in [0, 0.1) is 6.92 Å². The zero-order chi connectivity index (χ0) is 12.0. The Bertz CT molecular complexity index is 317. The normalized spacial score (nSPS) is 12.8. The molecule has 1 unspecified atom stereocenters. The van der Waals surface area contributed by atoms with Crippen LogP contribution in [0.1, 0.15) is 55.9 Å². The second-order valence-corrected chi connectivity index (χ2v) is 4.52. The van der Waals surface area contributed by atoms with Gasteiger partial charge in [0.2, 0.25) is 0 Å². The van der Waals surface area contributed by atoms with Gasteiger partial charge in [0, 0.05) is 7.11 Å². The average molecular weight is 220 g/mol. The molecule has 0 aliphatic heterocycles. The Balaban J connectivity index is 2.74. The molecule has 1 rings (SSSR count). The van der Waals surface area contributed by atoms with Crippen LogP contribution >= 0.6 is 0 Å². The largest absolute Gasteiger partial charge is 0.377 e. The van der Waals surface area contributed by atoms with Crippen molar-refractivity contribution in [3.05, 3.63) is 34.9 Å². The molecule has 1 aromatic carbocycles. The third-order valence-electron chi connectivity index (χ3n) is 3.25. The standard InChI is InChI=1S/C15H24O/c1-5-6-7-8-14-11-15(13(3)16-4)10-9-12(14)2/h9-11,13H,5-8H2,1-4H3. The van der Waals surface area contributed by atoms with Crippen LogP contribution in [0.15, 0.2) is 18.2 Å². The van der Waals surface area contributed by atoms with E-state index in [1.165, 1.54) is 42.4 Å². The summed E-state index contributed by atoms with van der Waals surface area (Å²) in [5.41, 5.74) is 4.18. The number of hydrogen-bond acceptors (Lipinski definition) is 1. The summed E-state index contributed by atoms with van der Waals surface area (Å²) in [4.78, 5) is 0. The highest BCUT2D eigenvalue weighted by Gasteiger charge is 2.06. The Kier molecular flexibility index (Phi) is 5.54. The lowest BCUT2D eigenvalue weighted by Crippen LogP contribution is -1.99. The van der Waals surface area contributed by atoms with E-state index in [-0.39, 0.29) is 6.10 Å². The van der Waals surface area contributed by atoms with Crippen LogP contribution in [0.2, 0.25) is 0 Å². The first-order valence-electron chi connectivity index (χ1n) is 6.31. The quantitative estimate of drug-likeness (QED) is 0.644. The summed E-state index contributed by atoms with van der Waals surface area (Å²) in [6.45, 7) is 6.54. The third-order valence-corrected chi connectivity index (χ3v) is 3.25. The van der Waals surface area contributed by atoms with Crippen LogP contribution in [0.5, 0.6) is 0 Å². The molecule has 0 aliphatic carbocycles. The van der Waals surface area contributed by atoms with Crippen LogP contribution in [0.4, 0.5) is 0 Å². The van der Waals surface area contributed by atoms with E-state index in [1.807, 2.05) is 0 Å². The highest BCUT2D eigenvalue weighted by Crippen LogP contribution is 2.21. The molecule has 0 aliphatic rings. The smallest absolute Gasteiger partial charge is 0.0793 e. The number of hydrogen-bond donors (Lipinski definition) is 0. The maximum atomic E-state index is 5.36. The van der Waals surface area contributed by atoms with Gasteiger partial charge in [-0.2, -0.15) is 0 Å². The van der Waals surface area contributed by atoms with Gasteiger partial charge in [0.05, 0.1) is 6.10 Å². The van der Waals surface area contributed by atoms with Gasteiger partial charge in [-0.05, 0) is 43.4 Å². The molecule has 0 amide bonds. The fourth-order valence-electron chi connectivity index (χ4n) is 1.92. The van der Waals surface area contributed by atoms with Crippen LogP contribution in [-0.2, 0) is 11.2 Å². The van der Waals surface area contributed by atoms with E-state index in [0.717, 1.165) is 0 Å². The van der Waals surface area contributed by atoms with Gasteiger partial charge in [0.15, 0.2) is 0 Å². The van der Waals surface area contributed by atoms with Crippen molar-refractivity contribution in [1.82, 2.24) is 0 Å². The van der Waals surface area contributed by atoms with Gasteiger partial charge in [0.25, 0.3) is 0 Å². The number of methoxy groups -OCH3 is 1.